The van der Waals surface area contributed by atoms with Crippen molar-refractivity contribution in [2.75, 3.05) is 0 Å². The number of hydrogen-bond acceptors (Lipinski definition) is 3. The normalized spacial score (nSPS) is 13.5. The third kappa shape index (κ3) is 3.80. The van der Waals surface area contributed by atoms with Gasteiger partial charge in [-0.3, -0.25) is 0 Å². The average Bonchev–Trinajstić information content (AvgIpc) is 2.83. The van der Waals surface area contributed by atoms with Crippen molar-refractivity contribution in [3.63, 3.8) is 0 Å². The molecule has 0 saturated heterocycles. The zero-order valence-corrected chi connectivity index (χ0v) is 16.3. The molecular weight excluding hydrogens is 308 g/mol. The fraction of sp³-hybridized carbons (Fsp3) is 0.444. The van der Waals surface area contributed by atoms with Crippen LogP contribution < -0.4 is 4.43 Å². The maximum Gasteiger partial charge on any atom is 0.229 e. The molecule has 2 nitrogen and oxygen atoms in total. The van der Waals surface area contributed by atoms with Crippen LogP contribution in [0.4, 0.5) is 0 Å². The minimum absolute atomic E-state index is 0.0142. The van der Waals surface area contributed by atoms with E-state index < -0.39 is 15.1 Å². The van der Waals surface area contributed by atoms with E-state index in [1.165, 1.54) is 11.1 Å². The van der Waals surface area contributed by atoms with Crippen LogP contribution in [0.2, 0.25) is 13.1 Å². The first-order valence-corrected chi connectivity index (χ1v) is 11.4. The van der Waals surface area contributed by atoms with E-state index in [0.29, 0.717) is 0 Å². The molecule has 0 bridgehead atoms. The summed E-state index contributed by atoms with van der Waals surface area (Å²) in [5, 5.41) is 12.9. The lowest BCUT2D eigenvalue weighted by atomic mass is 9.84. The van der Waals surface area contributed by atoms with E-state index in [0.717, 1.165) is 16.2 Å². The summed E-state index contributed by atoms with van der Waals surface area (Å²) in [7, 11) is -1.26. The number of hydrogen-bond donors (Lipinski definition) is 1. The minimum atomic E-state index is -1.26. The molecule has 0 saturated carbocycles. The van der Waals surface area contributed by atoms with Crippen LogP contribution in [0.15, 0.2) is 29.6 Å². The molecular formula is C18H26O2SSi. The summed E-state index contributed by atoms with van der Waals surface area (Å²) in [6, 6.07) is 8.17. The Bertz CT molecular complexity index is 641. The van der Waals surface area contributed by atoms with Gasteiger partial charge in [-0.1, -0.05) is 39.0 Å². The van der Waals surface area contributed by atoms with Gasteiger partial charge in [-0.2, -0.15) is 0 Å². The summed E-state index contributed by atoms with van der Waals surface area (Å²) in [6.07, 6.45) is -0.622. The molecule has 2 aromatic rings. The number of benzene rings is 1. The van der Waals surface area contributed by atoms with E-state index in [4.69, 9.17) is 4.43 Å². The molecule has 1 atom stereocenters. The molecule has 1 aromatic heterocycles. The van der Waals surface area contributed by atoms with Crippen molar-refractivity contribution in [1.82, 2.24) is 0 Å². The van der Waals surface area contributed by atoms with Gasteiger partial charge in [0.15, 0.2) is 0 Å². The van der Waals surface area contributed by atoms with Gasteiger partial charge in [-0.25, -0.2) is 0 Å². The van der Waals surface area contributed by atoms with E-state index in [-0.39, 0.29) is 5.41 Å². The highest BCUT2D eigenvalue weighted by molar-refractivity contribution is 7.10. The van der Waals surface area contributed by atoms with Crippen molar-refractivity contribution in [2.45, 2.75) is 52.3 Å². The third-order valence-electron chi connectivity index (χ3n) is 3.52. The SMILES string of the molecule is Cc1csc(C(O)c2cccc(C(C)(C)C)c2O[SiH](C)C)c1. The van der Waals surface area contributed by atoms with Crippen molar-refractivity contribution >= 4 is 20.4 Å². The summed E-state index contributed by atoms with van der Waals surface area (Å²) in [5.74, 6) is 0.884. The van der Waals surface area contributed by atoms with Gasteiger partial charge in [-0.15, -0.1) is 11.3 Å². The number of aliphatic hydroxyl groups is 1. The van der Waals surface area contributed by atoms with Crippen LogP contribution in [-0.2, 0) is 5.41 Å². The molecule has 4 heteroatoms. The minimum Gasteiger partial charge on any atom is -0.547 e. The second-order valence-electron chi connectivity index (χ2n) is 7.07. The highest BCUT2D eigenvalue weighted by Gasteiger charge is 2.25. The lowest BCUT2D eigenvalue weighted by Crippen LogP contribution is -2.20. The van der Waals surface area contributed by atoms with E-state index in [1.54, 1.807) is 11.3 Å². The molecule has 0 aliphatic carbocycles. The topological polar surface area (TPSA) is 29.5 Å². The first-order chi connectivity index (χ1) is 10.2. The zero-order valence-electron chi connectivity index (χ0n) is 14.3. The molecule has 1 unspecified atom stereocenters. The van der Waals surface area contributed by atoms with Gasteiger partial charge in [0.1, 0.15) is 11.9 Å². The molecule has 0 aliphatic heterocycles. The maximum atomic E-state index is 10.8. The lowest BCUT2D eigenvalue weighted by Gasteiger charge is -2.27. The zero-order chi connectivity index (χ0) is 16.5. The number of aliphatic hydroxyl groups excluding tert-OH is 1. The Kier molecular flexibility index (Phi) is 5.15. The Morgan fingerprint density at radius 3 is 2.41 bits per heavy atom. The average molecular weight is 335 g/mol. The molecule has 0 spiro atoms. The number of para-hydroxylation sites is 1. The predicted octanol–water partition coefficient (Wildman–Crippen LogP) is 4.80. The Labute approximate surface area is 139 Å². The Morgan fingerprint density at radius 2 is 1.91 bits per heavy atom. The van der Waals surface area contributed by atoms with Crippen LogP contribution in [0, 0.1) is 6.92 Å². The Morgan fingerprint density at radius 1 is 1.23 bits per heavy atom. The number of thiophene rings is 1. The van der Waals surface area contributed by atoms with Crippen LogP contribution >= 0.6 is 11.3 Å². The van der Waals surface area contributed by atoms with Gasteiger partial charge < -0.3 is 9.53 Å². The first-order valence-electron chi connectivity index (χ1n) is 7.73. The molecule has 0 aliphatic rings. The molecule has 2 rings (SSSR count). The van der Waals surface area contributed by atoms with E-state index >= 15 is 0 Å². The summed E-state index contributed by atoms with van der Waals surface area (Å²) >= 11 is 1.60. The van der Waals surface area contributed by atoms with Gasteiger partial charge in [0, 0.05) is 10.4 Å². The van der Waals surface area contributed by atoms with E-state index in [1.807, 2.05) is 12.1 Å². The molecule has 0 radical (unpaired) electrons. The summed E-state index contributed by atoms with van der Waals surface area (Å²) in [4.78, 5) is 0.971. The van der Waals surface area contributed by atoms with Crippen molar-refractivity contribution in [1.29, 1.82) is 0 Å². The van der Waals surface area contributed by atoms with E-state index in [2.05, 4.69) is 58.3 Å². The van der Waals surface area contributed by atoms with E-state index in [9.17, 15) is 5.11 Å². The second kappa shape index (κ2) is 6.57. The molecule has 120 valence electrons. The third-order valence-corrected chi connectivity index (χ3v) is 5.33. The lowest BCUT2D eigenvalue weighted by molar-refractivity contribution is 0.221. The Hall–Kier alpha value is -1.10. The summed E-state index contributed by atoms with van der Waals surface area (Å²) in [5.41, 5.74) is 3.22. The quantitative estimate of drug-likeness (QED) is 0.814. The second-order valence-corrected chi connectivity index (χ2v) is 10.3. The van der Waals surface area contributed by atoms with Gasteiger partial charge in [0.25, 0.3) is 0 Å². The first kappa shape index (κ1) is 17.3. The van der Waals surface area contributed by atoms with Crippen molar-refractivity contribution < 1.29 is 9.53 Å². The highest BCUT2D eigenvalue weighted by atomic mass is 32.1. The fourth-order valence-corrected chi connectivity index (χ4v) is 4.11. The highest BCUT2D eigenvalue weighted by Crippen LogP contribution is 2.40. The van der Waals surface area contributed by atoms with Crippen LogP contribution in [0.1, 0.15) is 48.4 Å². The Balaban J connectivity index is 2.54. The largest absolute Gasteiger partial charge is 0.547 e. The van der Waals surface area contributed by atoms with Gasteiger partial charge in [-0.05, 0) is 48.0 Å². The smallest absolute Gasteiger partial charge is 0.229 e. The van der Waals surface area contributed by atoms with Gasteiger partial charge in [0.2, 0.25) is 9.04 Å². The summed E-state index contributed by atoms with van der Waals surface area (Å²) in [6.45, 7) is 12.9. The number of rotatable bonds is 4. The van der Waals surface area contributed by atoms with Crippen LogP contribution in [0.3, 0.4) is 0 Å². The van der Waals surface area contributed by atoms with Crippen molar-refractivity contribution in [3.8, 4) is 5.75 Å². The van der Waals surface area contributed by atoms with Gasteiger partial charge in [0.05, 0.1) is 0 Å². The maximum absolute atomic E-state index is 10.8. The molecule has 0 amide bonds. The van der Waals surface area contributed by atoms with Crippen molar-refractivity contribution in [3.05, 3.63) is 51.2 Å². The molecule has 1 N–H and O–H groups in total. The van der Waals surface area contributed by atoms with Gasteiger partial charge >= 0.3 is 0 Å². The fourth-order valence-electron chi connectivity index (χ4n) is 2.48. The molecule has 22 heavy (non-hydrogen) atoms. The molecule has 0 fully saturated rings. The van der Waals surface area contributed by atoms with Crippen LogP contribution in [0.5, 0.6) is 5.75 Å². The molecule has 1 aromatic carbocycles. The number of aryl methyl sites for hydroxylation is 1. The van der Waals surface area contributed by atoms with Crippen LogP contribution in [0.25, 0.3) is 0 Å². The monoisotopic (exact) mass is 334 g/mol. The van der Waals surface area contributed by atoms with Crippen molar-refractivity contribution in [2.24, 2.45) is 0 Å². The standard InChI is InChI=1S/C18H26O2SSi/c1-12-10-15(21-11-12)16(19)13-8-7-9-14(18(2,3)4)17(13)20-22(5)6/h7-11,16,19,22H,1-6H3. The molecule has 1 heterocycles. The van der Waals surface area contributed by atoms with Crippen LogP contribution in [-0.4, -0.2) is 14.1 Å². The predicted molar refractivity (Wildman–Crippen MR) is 97.8 cm³/mol. The summed E-state index contributed by atoms with van der Waals surface area (Å²) < 4.78 is 6.24.